The third kappa shape index (κ3) is 1.96. The lowest BCUT2D eigenvalue weighted by atomic mass is 9.76. The molecule has 3 fully saturated rings. The third-order valence-electron chi connectivity index (χ3n) is 4.70. The van der Waals surface area contributed by atoms with Crippen molar-refractivity contribution in [2.45, 2.75) is 50.9 Å². The standard InChI is InChI=1S/C16H20O6/c1-5-11(17)21-16-9-6-8(7-10(9)20-14(16)19)12(16)13(18)22-15(2,3)4/h5,8-10,12H,1,6-7H2,2-4H3. The van der Waals surface area contributed by atoms with E-state index >= 15 is 0 Å². The van der Waals surface area contributed by atoms with Crippen LogP contribution in [-0.4, -0.2) is 35.2 Å². The van der Waals surface area contributed by atoms with Crippen molar-refractivity contribution in [3.8, 4) is 0 Å². The van der Waals surface area contributed by atoms with Crippen LogP contribution in [0.25, 0.3) is 0 Å². The molecule has 120 valence electrons. The van der Waals surface area contributed by atoms with Crippen LogP contribution in [0, 0.1) is 17.8 Å². The van der Waals surface area contributed by atoms with Crippen LogP contribution < -0.4 is 0 Å². The van der Waals surface area contributed by atoms with Crippen LogP contribution in [0.5, 0.6) is 0 Å². The molecular weight excluding hydrogens is 288 g/mol. The lowest BCUT2D eigenvalue weighted by Gasteiger charge is -2.35. The van der Waals surface area contributed by atoms with Gasteiger partial charge in [-0.3, -0.25) is 4.79 Å². The first-order valence-corrected chi connectivity index (χ1v) is 7.48. The van der Waals surface area contributed by atoms with Gasteiger partial charge in [0.05, 0.1) is 0 Å². The van der Waals surface area contributed by atoms with E-state index in [4.69, 9.17) is 14.2 Å². The average molecular weight is 308 g/mol. The Kier molecular flexibility index (Phi) is 3.13. The largest absolute Gasteiger partial charge is 0.460 e. The van der Waals surface area contributed by atoms with Crippen LogP contribution in [0.1, 0.15) is 33.6 Å². The number of hydrogen-bond donors (Lipinski definition) is 0. The van der Waals surface area contributed by atoms with Gasteiger partial charge in [0.15, 0.2) is 0 Å². The molecule has 2 bridgehead atoms. The Hall–Kier alpha value is -1.85. The monoisotopic (exact) mass is 308 g/mol. The Labute approximate surface area is 128 Å². The molecule has 3 aliphatic rings. The molecule has 0 aromatic rings. The highest BCUT2D eigenvalue weighted by molar-refractivity contribution is 5.95. The zero-order valence-electron chi connectivity index (χ0n) is 13.0. The van der Waals surface area contributed by atoms with E-state index in [-0.39, 0.29) is 17.9 Å². The molecule has 1 aliphatic heterocycles. The molecule has 0 aromatic carbocycles. The van der Waals surface area contributed by atoms with Gasteiger partial charge in [0, 0.05) is 12.0 Å². The molecule has 1 heterocycles. The van der Waals surface area contributed by atoms with Crippen LogP contribution in [0.2, 0.25) is 0 Å². The van der Waals surface area contributed by atoms with E-state index in [9.17, 15) is 14.4 Å². The van der Waals surface area contributed by atoms with Crippen LogP contribution in [0.4, 0.5) is 0 Å². The van der Waals surface area contributed by atoms with Crippen molar-refractivity contribution in [1.29, 1.82) is 0 Å². The zero-order valence-corrected chi connectivity index (χ0v) is 13.0. The van der Waals surface area contributed by atoms with Crippen LogP contribution >= 0.6 is 0 Å². The van der Waals surface area contributed by atoms with Crippen LogP contribution in [0.3, 0.4) is 0 Å². The molecule has 22 heavy (non-hydrogen) atoms. The minimum absolute atomic E-state index is 0.0612. The van der Waals surface area contributed by atoms with Crippen molar-refractivity contribution in [2.24, 2.45) is 17.8 Å². The van der Waals surface area contributed by atoms with E-state index in [0.717, 1.165) is 6.08 Å². The number of hydrogen-bond acceptors (Lipinski definition) is 6. The summed E-state index contributed by atoms with van der Waals surface area (Å²) in [6, 6.07) is 0. The van der Waals surface area contributed by atoms with Crippen molar-refractivity contribution in [1.82, 2.24) is 0 Å². The first kappa shape index (κ1) is 15.1. The van der Waals surface area contributed by atoms with Gasteiger partial charge in [0.1, 0.15) is 17.6 Å². The van der Waals surface area contributed by atoms with E-state index in [2.05, 4.69) is 6.58 Å². The van der Waals surface area contributed by atoms with E-state index in [1.807, 2.05) is 0 Å². The molecule has 0 radical (unpaired) electrons. The van der Waals surface area contributed by atoms with E-state index < -0.39 is 35.0 Å². The Bertz CT molecular complexity index is 559. The Balaban J connectivity index is 1.97. The maximum absolute atomic E-state index is 12.6. The summed E-state index contributed by atoms with van der Waals surface area (Å²) in [5, 5.41) is 0. The van der Waals surface area contributed by atoms with Gasteiger partial charge in [-0.05, 0) is 39.5 Å². The maximum Gasteiger partial charge on any atom is 0.352 e. The molecule has 0 aromatic heterocycles. The molecule has 0 spiro atoms. The van der Waals surface area contributed by atoms with Gasteiger partial charge in [-0.1, -0.05) is 6.58 Å². The van der Waals surface area contributed by atoms with Gasteiger partial charge in [0.2, 0.25) is 5.60 Å². The summed E-state index contributed by atoms with van der Waals surface area (Å²) in [7, 11) is 0. The van der Waals surface area contributed by atoms with Gasteiger partial charge in [0.25, 0.3) is 0 Å². The maximum atomic E-state index is 12.6. The number of esters is 3. The predicted octanol–water partition coefficient (Wildman–Crippen LogP) is 1.38. The number of rotatable bonds is 3. The van der Waals surface area contributed by atoms with Crippen molar-refractivity contribution >= 4 is 17.9 Å². The molecule has 5 atom stereocenters. The number of ether oxygens (including phenoxy) is 3. The van der Waals surface area contributed by atoms with Gasteiger partial charge >= 0.3 is 17.9 Å². The van der Waals surface area contributed by atoms with Gasteiger partial charge in [-0.25, -0.2) is 9.59 Å². The fourth-order valence-electron chi connectivity index (χ4n) is 4.10. The second-order valence-corrected chi connectivity index (χ2v) is 7.21. The minimum Gasteiger partial charge on any atom is -0.460 e. The number of carbonyl (C=O) groups is 3. The summed E-state index contributed by atoms with van der Waals surface area (Å²) < 4.78 is 16.2. The highest BCUT2D eigenvalue weighted by atomic mass is 16.6. The Morgan fingerprint density at radius 2 is 2.05 bits per heavy atom. The minimum atomic E-state index is -1.54. The van der Waals surface area contributed by atoms with Crippen molar-refractivity contribution in [3.05, 3.63) is 12.7 Å². The van der Waals surface area contributed by atoms with E-state index in [1.165, 1.54) is 0 Å². The Morgan fingerprint density at radius 1 is 1.36 bits per heavy atom. The van der Waals surface area contributed by atoms with Crippen molar-refractivity contribution in [3.63, 3.8) is 0 Å². The quantitative estimate of drug-likeness (QED) is 0.445. The molecule has 6 nitrogen and oxygen atoms in total. The lowest BCUT2D eigenvalue weighted by Crippen LogP contribution is -2.54. The van der Waals surface area contributed by atoms with Gasteiger partial charge in [-0.2, -0.15) is 0 Å². The van der Waals surface area contributed by atoms with Crippen LogP contribution in [-0.2, 0) is 28.6 Å². The highest BCUT2D eigenvalue weighted by Gasteiger charge is 2.77. The summed E-state index contributed by atoms with van der Waals surface area (Å²) >= 11 is 0. The molecular formula is C16H20O6. The molecule has 2 saturated carbocycles. The Morgan fingerprint density at radius 3 is 2.64 bits per heavy atom. The van der Waals surface area contributed by atoms with Crippen molar-refractivity contribution < 1.29 is 28.6 Å². The molecule has 5 unspecified atom stereocenters. The molecule has 1 saturated heterocycles. The fraction of sp³-hybridized carbons (Fsp3) is 0.688. The summed E-state index contributed by atoms with van der Waals surface area (Å²) in [4.78, 5) is 36.7. The number of carbonyl (C=O) groups excluding carboxylic acids is 3. The van der Waals surface area contributed by atoms with E-state index in [0.29, 0.717) is 12.8 Å². The predicted molar refractivity (Wildman–Crippen MR) is 74.4 cm³/mol. The summed E-state index contributed by atoms with van der Waals surface area (Å²) in [6.45, 7) is 8.64. The summed E-state index contributed by atoms with van der Waals surface area (Å²) in [5.74, 6) is -2.99. The summed E-state index contributed by atoms with van der Waals surface area (Å²) in [6.07, 6.45) is 1.97. The first-order chi connectivity index (χ1) is 10.2. The van der Waals surface area contributed by atoms with Gasteiger partial charge in [-0.15, -0.1) is 0 Å². The van der Waals surface area contributed by atoms with Gasteiger partial charge < -0.3 is 14.2 Å². The molecule has 0 amide bonds. The molecule has 3 rings (SSSR count). The fourth-order valence-corrected chi connectivity index (χ4v) is 4.10. The highest BCUT2D eigenvalue weighted by Crippen LogP contribution is 2.62. The average Bonchev–Trinajstić information content (AvgIpc) is 2.95. The first-order valence-electron chi connectivity index (χ1n) is 7.48. The summed E-state index contributed by atoms with van der Waals surface area (Å²) in [5.41, 5.74) is -2.22. The number of fused-ring (bicyclic) bond motifs is 1. The molecule has 0 N–H and O–H groups in total. The topological polar surface area (TPSA) is 78.9 Å². The second-order valence-electron chi connectivity index (χ2n) is 7.21. The zero-order chi connectivity index (χ0) is 16.3. The molecule has 6 heteroatoms. The van der Waals surface area contributed by atoms with Crippen molar-refractivity contribution in [2.75, 3.05) is 0 Å². The lowest BCUT2D eigenvalue weighted by molar-refractivity contribution is -0.188. The SMILES string of the molecule is C=CC(=O)OC12C(=O)OC3CC(CC31)C2C(=O)OC(C)(C)C. The molecule has 2 aliphatic carbocycles. The third-order valence-corrected chi connectivity index (χ3v) is 4.70. The van der Waals surface area contributed by atoms with Crippen LogP contribution in [0.15, 0.2) is 12.7 Å². The van der Waals surface area contributed by atoms with E-state index in [1.54, 1.807) is 20.8 Å². The smallest absolute Gasteiger partial charge is 0.352 e. The normalized spacial score (nSPS) is 38.6. The second kappa shape index (κ2) is 4.57.